The topological polar surface area (TPSA) is 52.7 Å². The standard InChI is InChI=1S/C19H29N3O2S.ClH/c1-14(16-5-7-20-8-6-16)13-18(23)21-9-11-22(12-10-21)19(24)17-4-3-15(2)25-17;/h3-4,14,16,20H,5-13H2,1-2H3;1H. The lowest BCUT2D eigenvalue weighted by Gasteiger charge is -2.36. The van der Waals surface area contributed by atoms with Crippen molar-refractivity contribution in [3.05, 3.63) is 21.9 Å². The third-order valence-corrected chi connectivity index (χ3v) is 6.54. The summed E-state index contributed by atoms with van der Waals surface area (Å²) in [5, 5.41) is 3.38. The summed E-state index contributed by atoms with van der Waals surface area (Å²) >= 11 is 1.54. The number of hydrogen-bond acceptors (Lipinski definition) is 4. The highest BCUT2D eigenvalue weighted by Crippen LogP contribution is 2.25. The van der Waals surface area contributed by atoms with Gasteiger partial charge < -0.3 is 15.1 Å². The van der Waals surface area contributed by atoms with E-state index in [1.54, 1.807) is 11.3 Å². The van der Waals surface area contributed by atoms with Crippen LogP contribution in [0.25, 0.3) is 0 Å². The van der Waals surface area contributed by atoms with Gasteiger partial charge in [0.1, 0.15) is 0 Å². The highest BCUT2D eigenvalue weighted by atomic mass is 35.5. The van der Waals surface area contributed by atoms with Crippen LogP contribution in [0.2, 0.25) is 0 Å². The number of rotatable bonds is 4. The summed E-state index contributed by atoms with van der Waals surface area (Å²) < 4.78 is 0. The minimum Gasteiger partial charge on any atom is -0.339 e. The van der Waals surface area contributed by atoms with Crippen LogP contribution in [0.1, 0.15) is 40.7 Å². The molecule has 26 heavy (non-hydrogen) atoms. The number of amides is 2. The largest absolute Gasteiger partial charge is 0.339 e. The van der Waals surface area contributed by atoms with Gasteiger partial charge >= 0.3 is 0 Å². The monoisotopic (exact) mass is 399 g/mol. The Balaban J connectivity index is 0.00000243. The zero-order valence-corrected chi connectivity index (χ0v) is 17.3. The van der Waals surface area contributed by atoms with E-state index < -0.39 is 0 Å². The maximum Gasteiger partial charge on any atom is 0.264 e. The number of nitrogens with zero attached hydrogens (tertiary/aromatic N) is 2. The van der Waals surface area contributed by atoms with Crippen molar-refractivity contribution in [2.24, 2.45) is 11.8 Å². The third kappa shape index (κ3) is 5.21. The molecule has 2 aliphatic heterocycles. The third-order valence-electron chi connectivity index (χ3n) is 5.56. The van der Waals surface area contributed by atoms with Gasteiger partial charge in [0, 0.05) is 37.5 Å². The van der Waals surface area contributed by atoms with E-state index in [4.69, 9.17) is 0 Å². The molecule has 2 aliphatic rings. The summed E-state index contributed by atoms with van der Waals surface area (Å²) in [6.45, 7) is 8.99. The quantitative estimate of drug-likeness (QED) is 0.846. The summed E-state index contributed by atoms with van der Waals surface area (Å²) in [7, 11) is 0. The van der Waals surface area contributed by atoms with Crippen LogP contribution in [0.5, 0.6) is 0 Å². The number of carbonyl (C=O) groups is 2. The van der Waals surface area contributed by atoms with Gasteiger partial charge in [-0.05, 0) is 56.8 Å². The Morgan fingerprint density at radius 1 is 1.15 bits per heavy atom. The van der Waals surface area contributed by atoms with Crippen LogP contribution < -0.4 is 5.32 Å². The molecule has 0 saturated carbocycles. The van der Waals surface area contributed by atoms with Crippen molar-refractivity contribution in [3.63, 3.8) is 0 Å². The number of piperazine rings is 1. The van der Waals surface area contributed by atoms with Gasteiger partial charge in [0.2, 0.25) is 5.91 Å². The summed E-state index contributed by atoms with van der Waals surface area (Å²) in [6, 6.07) is 3.89. The fourth-order valence-corrected chi connectivity index (χ4v) is 4.68. The van der Waals surface area contributed by atoms with Crippen LogP contribution in [0, 0.1) is 18.8 Å². The van der Waals surface area contributed by atoms with Crippen molar-refractivity contribution in [1.82, 2.24) is 15.1 Å². The maximum absolute atomic E-state index is 12.6. The SMILES string of the molecule is Cc1ccc(C(=O)N2CCN(C(=O)CC(C)C3CCNCC3)CC2)s1.Cl. The first kappa shape index (κ1) is 21.2. The van der Waals surface area contributed by atoms with Gasteiger partial charge in [0.05, 0.1) is 4.88 Å². The fraction of sp³-hybridized carbons (Fsp3) is 0.684. The van der Waals surface area contributed by atoms with E-state index in [1.807, 2.05) is 28.9 Å². The summed E-state index contributed by atoms with van der Waals surface area (Å²) in [5.74, 6) is 1.47. The zero-order valence-electron chi connectivity index (χ0n) is 15.7. The normalized spacial score (nSPS) is 19.8. The molecule has 1 unspecified atom stereocenters. The molecule has 1 atom stereocenters. The Morgan fingerprint density at radius 2 is 1.77 bits per heavy atom. The lowest BCUT2D eigenvalue weighted by molar-refractivity contribution is -0.134. The summed E-state index contributed by atoms with van der Waals surface area (Å²) in [6.07, 6.45) is 3.00. The van der Waals surface area contributed by atoms with E-state index in [-0.39, 0.29) is 24.2 Å². The average molecular weight is 400 g/mol. The molecule has 1 aromatic heterocycles. The van der Waals surface area contributed by atoms with Crippen LogP contribution in [0.3, 0.4) is 0 Å². The lowest BCUT2D eigenvalue weighted by Crippen LogP contribution is -2.50. The minimum atomic E-state index is 0. The van der Waals surface area contributed by atoms with E-state index >= 15 is 0 Å². The molecule has 5 nitrogen and oxygen atoms in total. The first-order valence-electron chi connectivity index (χ1n) is 9.39. The van der Waals surface area contributed by atoms with E-state index in [2.05, 4.69) is 12.2 Å². The lowest BCUT2D eigenvalue weighted by atomic mass is 9.84. The Kier molecular flexibility index (Phi) is 7.92. The van der Waals surface area contributed by atoms with E-state index in [0.717, 1.165) is 22.8 Å². The average Bonchev–Trinajstić information content (AvgIpc) is 3.08. The molecule has 2 fully saturated rings. The molecule has 0 bridgehead atoms. The smallest absolute Gasteiger partial charge is 0.264 e. The molecule has 146 valence electrons. The predicted molar refractivity (Wildman–Crippen MR) is 108 cm³/mol. The van der Waals surface area contributed by atoms with Gasteiger partial charge in [0.25, 0.3) is 5.91 Å². The molecule has 0 radical (unpaired) electrons. The molecule has 3 heterocycles. The second kappa shape index (κ2) is 9.72. The van der Waals surface area contributed by atoms with Gasteiger partial charge in [0.15, 0.2) is 0 Å². The second-order valence-electron chi connectivity index (χ2n) is 7.35. The van der Waals surface area contributed by atoms with Crippen molar-refractivity contribution >= 4 is 35.6 Å². The molecular formula is C19H30ClN3O2S. The van der Waals surface area contributed by atoms with Gasteiger partial charge in [-0.25, -0.2) is 0 Å². The molecule has 2 amide bonds. The van der Waals surface area contributed by atoms with Crippen LogP contribution in [-0.4, -0.2) is 60.9 Å². The van der Waals surface area contributed by atoms with Crippen LogP contribution in [0.15, 0.2) is 12.1 Å². The second-order valence-corrected chi connectivity index (χ2v) is 8.64. The molecular weight excluding hydrogens is 370 g/mol. The van der Waals surface area contributed by atoms with Gasteiger partial charge in [-0.3, -0.25) is 9.59 Å². The zero-order chi connectivity index (χ0) is 17.8. The van der Waals surface area contributed by atoms with Gasteiger partial charge in [-0.15, -0.1) is 23.7 Å². The van der Waals surface area contributed by atoms with Crippen molar-refractivity contribution in [2.45, 2.75) is 33.1 Å². The highest BCUT2D eigenvalue weighted by molar-refractivity contribution is 7.13. The number of aryl methyl sites for hydroxylation is 1. The Hall–Kier alpha value is -1.11. The first-order valence-corrected chi connectivity index (χ1v) is 10.2. The van der Waals surface area contributed by atoms with Crippen LogP contribution >= 0.6 is 23.7 Å². The number of carbonyl (C=O) groups excluding carboxylic acids is 2. The number of halogens is 1. The molecule has 0 aromatic carbocycles. The fourth-order valence-electron chi connectivity index (χ4n) is 3.85. The molecule has 2 saturated heterocycles. The van der Waals surface area contributed by atoms with Crippen molar-refractivity contribution in [2.75, 3.05) is 39.3 Å². The minimum absolute atomic E-state index is 0. The van der Waals surface area contributed by atoms with E-state index in [0.29, 0.717) is 44.4 Å². The molecule has 0 aliphatic carbocycles. The number of piperidine rings is 1. The maximum atomic E-state index is 12.6. The predicted octanol–water partition coefficient (Wildman–Crippen LogP) is 2.79. The highest BCUT2D eigenvalue weighted by Gasteiger charge is 2.28. The Morgan fingerprint density at radius 3 is 2.35 bits per heavy atom. The van der Waals surface area contributed by atoms with Crippen LogP contribution in [-0.2, 0) is 4.79 Å². The van der Waals surface area contributed by atoms with E-state index in [1.165, 1.54) is 12.8 Å². The first-order chi connectivity index (χ1) is 12.0. The Labute approximate surface area is 166 Å². The number of thiophene rings is 1. The van der Waals surface area contributed by atoms with Gasteiger partial charge in [-0.1, -0.05) is 6.92 Å². The summed E-state index contributed by atoms with van der Waals surface area (Å²) in [5.41, 5.74) is 0. The van der Waals surface area contributed by atoms with Crippen molar-refractivity contribution in [3.8, 4) is 0 Å². The van der Waals surface area contributed by atoms with Crippen LogP contribution in [0.4, 0.5) is 0 Å². The number of nitrogens with one attached hydrogen (secondary N) is 1. The molecule has 0 spiro atoms. The van der Waals surface area contributed by atoms with Crippen molar-refractivity contribution < 1.29 is 9.59 Å². The van der Waals surface area contributed by atoms with Crippen molar-refractivity contribution in [1.29, 1.82) is 0 Å². The molecule has 1 N–H and O–H groups in total. The molecule has 3 rings (SSSR count). The number of hydrogen-bond donors (Lipinski definition) is 1. The Bertz CT molecular complexity index is 608. The molecule has 7 heteroatoms. The van der Waals surface area contributed by atoms with E-state index in [9.17, 15) is 9.59 Å². The van der Waals surface area contributed by atoms with Gasteiger partial charge in [-0.2, -0.15) is 0 Å². The molecule has 1 aromatic rings. The summed E-state index contributed by atoms with van der Waals surface area (Å²) in [4.78, 5) is 30.9.